The Hall–Kier alpha value is -0.180. The lowest BCUT2D eigenvalue weighted by molar-refractivity contribution is 1.02. The van der Waals surface area contributed by atoms with Crippen molar-refractivity contribution >= 4 is 23.4 Å². The molecule has 0 spiro atoms. The number of nitrogens with two attached hydrogens (primary N) is 1. The van der Waals surface area contributed by atoms with Crippen LogP contribution in [0.5, 0.6) is 0 Å². The molecule has 3 heteroatoms. The first-order chi connectivity index (χ1) is 6.29. The summed E-state index contributed by atoms with van der Waals surface area (Å²) in [5.41, 5.74) is 6.76. The predicted octanol–water partition coefficient (Wildman–Crippen LogP) is 3.30. The van der Waals surface area contributed by atoms with Gasteiger partial charge in [0.2, 0.25) is 0 Å². The maximum Gasteiger partial charge on any atom is 0.0545 e. The number of hydrogen-bond acceptors (Lipinski definition) is 2. The molecule has 1 nitrogen and oxygen atoms in total. The average Bonchev–Trinajstić information content (AvgIpc) is 2.15. The Morgan fingerprint density at radius 2 is 2.23 bits per heavy atom. The zero-order valence-corrected chi connectivity index (χ0v) is 9.29. The molecule has 2 N–H and O–H groups in total. The third-order valence-corrected chi connectivity index (χ3v) is 3.53. The van der Waals surface area contributed by atoms with Gasteiger partial charge in [-0.25, -0.2) is 0 Å². The molecule has 0 aliphatic carbocycles. The van der Waals surface area contributed by atoms with Crippen LogP contribution in [0.3, 0.4) is 0 Å². The van der Waals surface area contributed by atoms with E-state index in [0.29, 0.717) is 6.54 Å². The van der Waals surface area contributed by atoms with Crippen LogP contribution in [0.1, 0.15) is 18.9 Å². The Balaban J connectivity index is 2.87. The molecule has 0 bridgehead atoms. The summed E-state index contributed by atoms with van der Waals surface area (Å²) in [7, 11) is 0. The van der Waals surface area contributed by atoms with Crippen molar-refractivity contribution < 1.29 is 0 Å². The fourth-order valence-corrected chi connectivity index (χ4v) is 2.39. The summed E-state index contributed by atoms with van der Waals surface area (Å²) in [6, 6.07) is 5.89. The molecule has 13 heavy (non-hydrogen) atoms. The minimum Gasteiger partial charge on any atom is -0.326 e. The molecule has 0 heterocycles. The fourth-order valence-electron chi connectivity index (χ4n) is 1.08. The maximum atomic E-state index is 6.07. The Labute approximate surface area is 88.7 Å². The number of benzene rings is 1. The van der Waals surface area contributed by atoms with E-state index >= 15 is 0 Å². The van der Waals surface area contributed by atoms with Crippen LogP contribution in [0, 0.1) is 0 Å². The highest BCUT2D eigenvalue weighted by atomic mass is 35.5. The smallest absolute Gasteiger partial charge is 0.0545 e. The molecule has 0 saturated heterocycles. The van der Waals surface area contributed by atoms with Crippen LogP contribution in [-0.4, -0.2) is 5.75 Å². The van der Waals surface area contributed by atoms with E-state index < -0.39 is 0 Å². The third-order valence-electron chi connectivity index (χ3n) is 1.72. The Bertz CT molecular complexity index is 276. The van der Waals surface area contributed by atoms with Gasteiger partial charge in [-0.3, -0.25) is 0 Å². The molecule has 0 fully saturated rings. The largest absolute Gasteiger partial charge is 0.326 e. The molecule has 1 aromatic carbocycles. The van der Waals surface area contributed by atoms with Gasteiger partial charge in [-0.05, 0) is 23.8 Å². The molecule has 0 aliphatic rings. The molecule has 0 amide bonds. The summed E-state index contributed by atoms with van der Waals surface area (Å²) < 4.78 is 0. The molecule has 0 radical (unpaired) electrons. The average molecular weight is 216 g/mol. The monoisotopic (exact) mass is 215 g/mol. The van der Waals surface area contributed by atoms with Gasteiger partial charge in [0.15, 0.2) is 0 Å². The molecular weight excluding hydrogens is 202 g/mol. The van der Waals surface area contributed by atoms with Crippen molar-refractivity contribution in [2.45, 2.75) is 24.8 Å². The third kappa shape index (κ3) is 2.90. The number of rotatable bonds is 4. The number of hydrogen-bond donors (Lipinski definition) is 1. The summed E-state index contributed by atoms with van der Waals surface area (Å²) in [4.78, 5) is 1.15. The summed E-state index contributed by atoms with van der Waals surface area (Å²) in [6.07, 6.45) is 1.15. The van der Waals surface area contributed by atoms with Gasteiger partial charge in [0, 0.05) is 11.4 Å². The standard InChI is InChI=1S/C10H14ClNS/c1-2-6-13-10-8(7-12)4-3-5-9(10)11/h3-5H,2,6-7,12H2,1H3. The molecule has 1 aromatic rings. The van der Waals surface area contributed by atoms with E-state index in [4.69, 9.17) is 17.3 Å². The van der Waals surface area contributed by atoms with Gasteiger partial charge >= 0.3 is 0 Å². The van der Waals surface area contributed by atoms with E-state index in [1.807, 2.05) is 18.2 Å². The first kappa shape index (κ1) is 10.9. The Morgan fingerprint density at radius 1 is 1.46 bits per heavy atom. The van der Waals surface area contributed by atoms with Crippen molar-refractivity contribution in [3.05, 3.63) is 28.8 Å². The topological polar surface area (TPSA) is 26.0 Å². The van der Waals surface area contributed by atoms with E-state index in [1.54, 1.807) is 11.8 Å². The quantitative estimate of drug-likeness (QED) is 0.780. The maximum absolute atomic E-state index is 6.07. The molecule has 0 aromatic heterocycles. The lowest BCUT2D eigenvalue weighted by Crippen LogP contribution is -1.98. The molecule has 1 rings (SSSR count). The highest BCUT2D eigenvalue weighted by molar-refractivity contribution is 7.99. The van der Waals surface area contributed by atoms with Crippen molar-refractivity contribution in [2.24, 2.45) is 5.73 Å². The zero-order chi connectivity index (χ0) is 9.68. The molecule has 0 unspecified atom stereocenters. The van der Waals surface area contributed by atoms with Crippen LogP contribution < -0.4 is 5.73 Å². The fraction of sp³-hybridized carbons (Fsp3) is 0.400. The molecule has 0 aliphatic heterocycles. The van der Waals surface area contributed by atoms with E-state index in [0.717, 1.165) is 27.7 Å². The van der Waals surface area contributed by atoms with Crippen LogP contribution >= 0.6 is 23.4 Å². The van der Waals surface area contributed by atoms with Crippen LogP contribution in [0.4, 0.5) is 0 Å². The van der Waals surface area contributed by atoms with Crippen molar-refractivity contribution in [3.63, 3.8) is 0 Å². The highest BCUT2D eigenvalue weighted by Gasteiger charge is 2.04. The minimum atomic E-state index is 0.562. The van der Waals surface area contributed by atoms with Crippen LogP contribution in [0.25, 0.3) is 0 Å². The van der Waals surface area contributed by atoms with E-state index in [9.17, 15) is 0 Å². The van der Waals surface area contributed by atoms with Gasteiger partial charge < -0.3 is 5.73 Å². The summed E-state index contributed by atoms with van der Waals surface area (Å²) in [6.45, 7) is 2.72. The van der Waals surface area contributed by atoms with Crippen LogP contribution in [0.15, 0.2) is 23.1 Å². The van der Waals surface area contributed by atoms with Gasteiger partial charge in [-0.2, -0.15) is 0 Å². The number of halogens is 1. The van der Waals surface area contributed by atoms with Crippen molar-refractivity contribution in [1.82, 2.24) is 0 Å². The SMILES string of the molecule is CCCSc1c(Cl)cccc1CN. The molecular formula is C10H14ClNS. The lowest BCUT2D eigenvalue weighted by Gasteiger charge is -2.08. The van der Waals surface area contributed by atoms with E-state index in [2.05, 4.69) is 6.92 Å². The van der Waals surface area contributed by atoms with Crippen molar-refractivity contribution in [2.75, 3.05) is 5.75 Å². The van der Waals surface area contributed by atoms with Crippen molar-refractivity contribution in [3.8, 4) is 0 Å². The van der Waals surface area contributed by atoms with Gasteiger partial charge in [0.25, 0.3) is 0 Å². The molecule has 0 atom stereocenters. The lowest BCUT2D eigenvalue weighted by atomic mass is 10.2. The van der Waals surface area contributed by atoms with Crippen LogP contribution in [0.2, 0.25) is 5.02 Å². The van der Waals surface area contributed by atoms with Gasteiger partial charge in [-0.1, -0.05) is 30.7 Å². The van der Waals surface area contributed by atoms with Gasteiger partial charge in [0.1, 0.15) is 0 Å². The van der Waals surface area contributed by atoms with Gasteiger partial charge in [-0.15, -0.1) is 11.8 Å². The van der Waals surface area contributed by atoms with Gasteiger partial charge in [0.05, 0.1) is 5.02 Å². The predicted molar refractivity (Wildman–Crippen MR) is 60.4 cm³/mol. The first-order valence-electron chi connectivity index (χ1n) is 4.39. The Kier molecular flexibility index (Phi) is 4.64. The second-order valence-electron chi connectivity index (χ2n) is 2.78. The number of thioether (sulfide) groups is 1. The second kappa shape index (κ2) is 5.53. The normalized spacial score (nSPS) is 10.4. The highest BCUT2D eigenvalue weighted by Crippen LogP contribution is 2.30. The first-order valence-corrected chi connectivity index (χ1v) is 5.76. The zero-order valence-electron chi connectivity index (χ0n) is 7.72. The summed E-state index contributed by atoms with van der Waals surface area (Å²) in [5.74, 6) is 1.09. The van der Waals surface area contributed by atoms with E-state index in [-0.39, 0.29) is 0 Å². The Morgan fingerprint density at radius 3 is 2.85 bits per heavy atom. The van der Waals surface area contributed by atoms with E-state index in [1.165, 1.54) is 0 Å². The molecule has 72 valence electrons. The minimum absolute atomic E-state index is 0.562. The summed E-state index contributed by atoms with van der Waals surface area (Å²) >= 11 is 7.85. The van der Waals surface area contributed by atoms with Crippen molar-refractivity contribution in [1.29, 1.82) is 0 Å². The molecule has 0 saturated carbocycles. The van der Waals surface area contributed by atoms with Crippen LogP contribution in [-0.2, 0) is 6.54 Å². The summed E-state index contributed by atoms with van der Waals surface area (Å²) in [5, 5.41) is 0.821. The second-order valence-corrected chi connectivity index (χ2v) is 4.29.